The summed E-state index contributed by atoms with van der Waals surface area (Å²) in [6.07, 6.45) is 0.983. The van der Waals surface area contributed by atoms with Gasteiger partial charge in [-0.05, 0) is 38.1 Å². The Labute approximate surface area is 196 Å². The largest absolute Gasteiger partial charge is 0.392 e. The highest BCUT2D eigenvalue weighted by Crippen LogP contribution is 2.29. The fourth-order valence-electron chi connectivity index (χ4n) is 3.79. The van der Waals surface area contributed by atoms with Gasteiger partial charge in [0.1, 0.15) is 5.82 Å². The van der Waals surface area contributed by atoms with Crippen LogP contribution in [0.15, 0.2) is 36.5 Å². The van der Waals surface area contributed by atoms with E-state index >= 15 is 0 Å². The minimum absolute atomic E-state index is 0.108. The first kappa shape index (κ1) is 23.8. The van der Waals surface area contributed by atoms with Crippen LogP contribution < -0.4 is 15.5 Å². The van der Waals surface area contributed by atoms with Crippen LogP contribution >= 0.6 is 0 Å². The molecule has 3 aromatic rings. The van der Waals surface area contributed by atoms with Gasteiger partial charge in [0.25, 0.3) is 5.91 Å². The Bertz CT molecular complexity index is 1180. The molecule has 34 heavy (non-hydrogen) atoms. The molecule has 0 radical (unpaired) electrons. The van der Waals surface area contributed by atoms with E-state index in [4.69, 9.17) is 9.72 Å². The molecule has 0 saturated carbocycles. The zero-order chi connectivity index (χ0) is 24.2. The molecule has 10 heteroatoms. The molecular formula is C24H27F2N5O3. The summed E-state index contributed by atoms with van der Waals surface area (Å²) in [6.45, 7) is 6.12. The lowest BCUT2D eigenvalue weighted by molar-refractivity contribution is 0.0924. The highest BCUT2D eigenvalue weighted by Gasteiger charge is 2.20. The van der Waals surface area contributed by atoms with E-state index in [1.165, 1.54) is 6.07 Å². The molecule has 1 unspecified atom stereocenters. The van der Waals surface area contributed by atoms with E-state index in [9.17, 15) is 18.7 Å². The predicted octanol–water partition coefficient (Wildman–Crippen LogP) is 3.03. The molecule has 0 aliphatic carbocycles. The van der Waals surface area contributed by atoms with Crippen LogP contribution in [0.5, 0.6) is 0 Å². The van der Waals surface area contributed by atoms with Gasteiger partial charge >= 0.3 is 0 Å². The molecule has 2 atom stereocenters. The molecule has 1 aromatic heterocycles. The van der Waals surface area contributed by atoms with Crippen molar-refractivity contribution in [3.8, 4) is 0 Å². The van der Waals surface area contributed by atoms with Gasteiger partial charge in [0.05, 0.1) is 42.6 Å². The summed E-state index contributed by atoms with van der Waals surface area (Å²) < 4.78 is 32.5. The van der Waals surface area contributed by atoms with E-state index in [1.807, 2.05) is 6.92 Å². The quantitative estimate of drug-likeness (QED) is 0.487. The number of aliphatic hydroxyl groups is 1. The zero-order valence-electron chi connectivity index (χ0n) is 19.0. The first-order valence-electron chi connectivity index (χ1n) is 11.1. The van der Waals surface area contributed by atoms with E-state index in [0.29, 0.717) is 60.0 Å². The van der Waals surface area contributed by atoms with Crippen LogP contribution in [0.3, 0.4) is 0 Å². The van der Waals surface area contributed by atoms with Crippen LogP contribution in [0.1, 0.15) is 35.8 Å². The van der Waals surface area contributed by atoms with Crippen molar-refractivity contribution in [2.75, 3.05) is 43.1 Å². The molecule has 2 aromatic carbocycles. The van der Waals surface area contributed by atoms with Gasteiger partial charge in [-0.1, -0.05) is 0 Å². The number of rotatable bonds is 7. The Kier molecular flexibility index (Phi) is 7.18. The van der Waals surface area contributed by atoms with Crippen LogP contribution in [-0.2, 0) is 4.74 Å². The molecule has 1 aliphatic rings. The number of aromatic nitrogens is 2. The van der Waals surface area contributed by atoms with Crippen LogP contribution in [-0.4, -0.2) is 59.9 Å². The predicted molar refractivity (Wildman–Crippen MR) is 125 cm³/mol. The van der Waals surface area contributed by atoms with E-state index in [1.54, 1.807) is 25.3 Å². The molecule has 1 fully saturated rings. The van der Waals surface area contributed by atoms with Gasteiger partial charge in [-0.25, -0.2) is 13.8 Å². The second kappa shape index (κ2) is 10.3. The maximum atomic E-state index is 13.7. The molecule has 0 spiro atoms. The summed E-state index contributed by atoms with van der Waals surface area (Å²) in [6, 6.07) is 6.52. The van der Waals surface area contributed by atoms with Crippen LogP contribution in [0.25, 0.3) is 11.0 Å². The van der Waals surface area contributed by atoms with Crippen molar-refractivity contribution >= 4 is 28.4 Å². The third kappa shape index (κ3) is 5.40. The number of carbonyl (C=O) groups excluding carboxylic acids is 1. The van der Waals surface area contributed by atoms with Crippen molar-refractivity contribution < 1.29 is 23.4 Å². The summed E-state index contributed by atoms with van der Waals surface area (Å²) in [7, 11) is 0. The minimum Gasteiger partial charge on any atom is -0.392 e. The first-order valence-corrected chi connectivity index (χ1v) is 11.1. The number of carbonyl (C=O) groups is 1. The Balaban J connectivity index is 1.73. The highest BCUT2D eigenvalue weighted by atomic mass is 19.2. The normalized spacial score (nSPS) is 15.7. The topological polar surface area (TPSA) is 99.6 Å². The summed E-state index contributed by atoms with van der Waals surface area (Å²) >= 11 is 0. The standard InChI is InChI=1S/C24H27F2N5O3/c1-14(32)12-28-24(33)16-9-18(15(2)29-17-3-4-19(25)20(26)11-17)23-21(10-16)27-13-22(30-23)31-5-7-34-8-6-31/h3-4,9-11,13-15,29,32H,5-8,12H2,1-2H3,(H,28,33)/t14-,15?/m1/s1. The number of morpholine rings is 1. The Hall–Kier alpha value is -3.37. The molecule has 8 nitrogen and oxygen atoms in total. The van der Waals surface area contributed by atoms with Crippen LogP contribution in [0.2, 0.25) is 0 Å². The number of benzene rings is 2. The van der Waals surface area contributed by atoms with E-state index in [-0.39, 0.29) is 12.5 Å². The van der Waals surface area contributed by atoms with Crippen LogP contribution in [0.4, 0.5) is 20.3 Å². The van der Waals surface area contributed by atoms with E-state index in [2.05, 4.69) is 20.5 Å². The summed E-state index contributed by atoms with van der Waals surface area (Å²) in [5, 5.41) is 15.3. The second-order valence-corrected chi connectivity index (χ2v) is 8.31. The second-order valence-electron chi connectivity index (χ2n) is 8.31. The number of nitrogens with zero attached hydrogens (tertiary/aromatic N) is 3. The fraction of sp³-hybridized carbons (Fsp3) is 0.375. The number of fused-ring (bicyclic) bond motifs is 1. The molecule has 2 heterocycles. The molecule has 4 rings (SSSR count). The van der Waals surface area contributed by atoms with Crippen molar-refractivity contribution in [3.05, 3.63) is 59.3 Å². The SMILES string of the molecule is CC(Nc1ccc(F)c(F)c1)c1cc(C(=O)NC[C@@H](C)O)cc2ncc(N3CCOCC3)nc12. The van der Waals surface area contributed by atoms with Crippen molar-refractivity contribution in [3.63, 3.8) is 0 Å². The monoisotopic (exact) mass is 471 g/mol. The van der Waals surface area contributed by atoms with Crippen molar-refractivity contribution in [2.45, 2.75) is 26.0 Å². The number of ether oxygens (including phenoxy) is 1. The van der Waals surface area contributed by atoms with E-state index < -0.39 is 23.8 Å². The average molecular weight is 472 g/mol. The van der Waals surface area contributed by atoms with Gasteiger partial charge in [-0.2, -0.15) is 0 Å². The third-order valence-corrected chi connectivity index (χ3v) is 5.59. The molecular weight excluding hydrogens is 444 g/mol. The van der Waals surface area contributed by atoms with Gasteiger partial charge < -0.3 is 25.4 Å². The Morgan fingerprint density at radius 3 is 2.65 bits per heavy atom. The number of halogens is 2. The van der Waals surface area contributed by atoms with Crippen LogP contribution in [0, 0.1) is 11.6 Å². The number of anilines is 2. The maximum absolute atomic E-state index is 13.7. The van der Waals surface area contributed by atoms with Gasteiger partial charge in [0.2, 0.25) is 0 Å². The van der Waals surface area contributed by atoms with Crippen molar-refractivity contribution in [2.24, 2.45) is 0 Å². The molecule has 3 N–H and O–H groups in total. The summed E-state index contributed by atoms with van der Waals surface area (Å²) in [5.74, 6) is -1.55. The van der Waals surface area contributed by atoms with Gasteiger partial charge in [0, 0.05) is 42.5 Å². The molecule has 180 valence electrons. The number of hydrogen-bond acceptors (Lipinski definition) is 7. The molecule has 1 saturated heterocycles. The molecule has 0 bridgehead atoms. The van der Waals surface area contributed by atoms with Crippen molar-refractivity contribution in [1.29, 1.82) is 0 Å². The third-order valence-electron chi connectivity index (χ3n) is 5.59. The van der Waals surface area contributed by atoms with Gasteiger partial charge in [-0.15, -0.1) is 0 Å². The summed E-state index contributed by atoms with van der Waals surface area (Å²) in [5.41, 5.74) is 2.54. The highest BCUT2D eigenvalue weighted by molar-refractivity contribution is 5.98. The first-order chi connectivity index (χ1) is 16.3. The molecule has 1 amide bonds. The maximum Gasteiger partial charge on any atom is 0.251 e. The minimum atomic E-state index is -0.956. The van der Waals surface area contributed by atoms with E-state index in [0.717, 1.165) is 12.1 Å². The van der Waals surface area contributed by atoms with Crippen molar-refractivity contribution in [1.82, 2.24) is 15.3 Å². The smallest absolute Gasteiger partial charge is 0.251 e. The fourth-order valence-corrected chi connectivity index (χ4v) is 3.79. The number of amides is 1. The number of aliphatic hydroxyl groups excluding tert-OH is 1. The average Bonchev–Trinajstić information content (AvgIpc) is 2.84. The lowest BCUT2D eigenvalue weighted by Gasteiger charge is -2.28. The molecule has 1 aliphatic heterocycles. The zero-order valence-corrected chi connectivity index (χ0v) is 19.0. The van der Waals surface area contributed by atoms with Gasteiger partial charge in [-0.3, -0.25) is 9.78 Å². The van der Waals surface area contributed by atoms with Gasteiger partial charge in [0.15, 0.2) is 11.6 Å². The number of nitrogens with one attached hydrogen (secondary N) is 2. The summed E-state index contributed by atoms with van der Waals surface area (Å²) in [4.78, 5) is 24.2. The lowest BCUT2D eigenvalue weighted by atomic mass is 10.0. The lowest BCUT2D eigenvalue weighted by Crippen LogP contribution is -2.36. The Morgan fingerprint density at radius 1 is 1.18 bits per heavy atom. The Morgan fingerprint density at radius 2 is 1.94 bits per heavy atom. The number of hydrogen-bond donors (Lipinski definition) is 3.